The number of ether oxygens (including phenoxy) is 1. The van der Waals surface area contributed by atoms with Gasteiger partial charge in [-0.2, -0.15) is 0 Å². The second kappa shape index (κ2) is 10.1. The smallest absolute Gasteiger partial charge is 0.301 e. The zero-order valence-corrected chi connectivity index (χ0v) is 22.9. The minimum atomic E-state index is -0.815. The van der Waals surface area contributed by atoms with E-state index in [-0.39, 0.29) is 11.3 Å². The van der Waals surface area contributed by atoms with Crippen molar-refractivity contribution in [2.45, 2.75) is 46.6 Å². The van der Waals surface area contributed by atoms with Crippen molar-refractivity contribution in [3.8, 4) is 5.75 Å². The van der Waals surface area contributed by atoms with Crippen LogP contribution in [0.4, 0.5) is 5.13 Å². The molecule has 1 N–H and O–H groups in total. The van der Waals surface area contributed by atoms with Crippen LogP contribution in [0.3, 0.4) is 0 Å². The van der Waals surface area contributed by atoms with Gasteiger partial charge in [-0.25, -0.2) is 4.98 Å². The van der Waals surface area contributed by atoms with E-state index < -0.39 is 17.7 Å². The van der Waals surface area contributed by atoms with E-state index in [4.69, 9.17) is 9.72 Å². The van der Waals surface area contributed by atoms with Gasteiger partial charge < -0.3 is 9.84 Å². The number of amides is 1. The predicted octanol–water partition coefficient (Wildman–Crippen LogP) is 7.06. The van der Waals surface area contributed by atoms with Gasteiger partial charge in [0.25, 0.3) is 5.78 Å². The summed E-state index contributed by atoms with van der Waals surface area (Å²) in [5.74, 6) is -0.675. The Morgan fingerprint density at radius 2 is 1.74 bits per heavy atom. The highest BCUT2D eigenvalue weighted by Crippen LogP contribution is 2.45. The van der Waals surface area contributed by atoms with Crippen molar-refractivity contribution in [1.29, 1.82) is 0 Å². The van der Waals surface area contributed by atoms with Crippen LogP contribution in [-0.4, -0.2) is 28.4 Å². The molecule has 1 aliphatic heterocycles. The normalized spacial score (nSPS) is 17.1. The largest absolute Gasteiger partial charge is 0.507 e. The number of aliphatic hydroxyl groups excluding tert-OH is 1. The monoisotopic (exact) mass is 526 g/mol. The first kappa shape index (κ1) is 25.7. The molecule has 1 aliphatic rings. The number of hydrogen-bond donors (Lipinski definition) is 1. The number of rotatable bonds is 6. The van der Waals surface area contributed by atoms with E-state index in [2.05, 4.69) is 13.8 Å². The number of aryl methyl sites for hydroxylation is 2. The summed E-state index contributed by atoms with van der Waals surface area (Å²) < 4.78 is 6.46. The summed E-state index contributed by atoms with van der Waals surface area (Å²) in [5.41, 5.74) is 5.26. The summed E-state index contributed by atoms with van der Waals surface area (Å²) >= 11 is 1.37. The topological polar surface area (TPSA) is 79.7 Å². The third-order valence-electron chi connectivity index (χ3n) is 6.83. The number of thiazole rings is 1. The van der Waals surface area contributed by atoms with Crippen LogP contribution >= 0.6 is 11.3 Å². The molecule has 5 rings (SSSR count). The van der Waals surface area contributed by atoms with Crippen molar-refractivity contribution in [3.63, 3.8) is 0 Å². The van der Waals surface area contributed by atoms with Gasteiger partial charge in [0, 0.05) is 5.56 Å². The molecule has 1 atom stereocenters. The quantitative estimate of drug-likeness (QED) is 0.165. The van der Waals surface area contributed by atoms with Crippen molar-refractivity contribution >= 4 is 44.1 Å². The number of ketones is 1. The van der Waals surface area contributed by atoms with Crippen molar-refractivity contribution in [3.05, 3.63) is 94.1 Å². The number of Topliss-reactive ketones (excluding diaryl/α,β-unsaturated/α-hetero) is 1. The van der Waals surface area contributed by atoms with Gasteiger partial charge in [-0.05, 0) is 79.3 Å². The number of aromatic nitrogens is 1. The Morgan fingerprint density at radius 1 is 1.05 bits per heavy atom. The summed E-state index contributed by atoms with van der Waals surface area (Å²) in [6, 6.07) is 18.0. The molecule has 1 amide bonds. The fourth-order valence-electron chi connectivity index (χ4n) is 4.90. The van der Waals surface area contributed by atoms with E-state index >= 15 is 0 Å². The number of aliphatic hydroxyl groups is 1. The van der Waals surface area contributed by atoms with Crippen molar-refractivity contribution < 1.29 is 19.4 Å². The van der Waals surface area contributed by atoms with Gasteiger partial charge in [0.15, 0.2) is 5.13 Å². The van der Waals surface area contributed by atoms with Crippen molar-refractivity contribution in [2.24, 2.45) is 0 Å². The van der Waals surface area contributed by atoms with E-state index in [0.717, 1.165) is 32.5 Å². The fraction of sp³-hybridized carbons (Fsp3) is 0.258. The Hall–Kier alpha value is -3.97. The van der Waals surface area contributed by atoms with Crippen LogP contribution in [0, 0.1) is 13.8 Å². The first-order chi connectivity index (χ1) is 18.2. The molecule has 3 aromatic carbocycles. The Balaban J connectivity index is 1.69. The van der Waals surface area contributed by atoms with Crippen LogP contribution in [0.2, 0.25) is 0 Å². The molecular weight excluding hydrogens is 496 g/mol. The molecular formula is C31H30N2O4S. The Bertz CT molecular complexity index is 1570. The van der Waals surface area contributed by atoms with E-state index in [9.17, 15) is 14.7 Å². The molecule has 38 heavy (non-hydrogen) atoms. The Kier molecular flexibility index (Phi) is 6.80. The number of nitrogens with zero attached hydrogens (tertiary/aromatic N) is 2. The van der Waals surface area contributed by atoms with Crippen LogP contribution in [0.5, 0.6) is 5.75 Å². The fourth-order valence-corrected chi connectivity index (χ4v) is 6.07. The minimum absolute atomic E-state index is 0.0450. The Morgan fingerprint density at radius 3 is 2.37 bits per heavy atom. The molecule has 0 spiro atoms. The van der Waals surface area contributed by atoms with Gasteiger partial charge in [-0.1, -0.05) is 55.5 Å². The van der Waals surface area contributed by atoms with Crippen LogP contribution in [0.25, 0.3) is 16.0 Å². The van der Waals surface area contributed by atoms with E-state index in [1.165, 1.54) is 16.2 Å². The number of carbonyl (C=O) groups excluding carboxylic acids is 2. The SMILES string of the molecule is CCOc1ccc(/C(O)=C2\C(=O)C(=O)N(c3nc4c(C)cc(C)cc4s3)[C@H]2c2ccc(C(C)C)cc2)cc1. The first-order valence-electron chi connectivity index (χ1n) is 12.7. The van der Waals surface area contributed by atoms with Crippen LogP contribution in [0.15, 0.2) is 66.2 Å². The molecule has 0 radical (unpaired) electrons. The van der Waals surface area contributed by atoms with E-state index in [1.54, 1.807) is 24.3 Å². The molecule has 6 nitrogen and oxygen atoms in total. The zero-order chi connectivity index (χ0) is 27.1. The van der Waals surface area contributed by atoms with Crippen molar-refractivity contribution in [2.75, 3.05) is 11.5 Å². The summed E-state index contributed by atoms with van der Waals surface area (Å²) in [6.45, 7) is 10.6. The highest BCUT2D eigenvalue weighted by molar-refractivity contribution is 7.22. The van der Waals surface area contributed by atoms with Gasteiger partial charge in [0.05, 0.1) is 28.4 Å². The molecule has 2 heterocycles. The summed E-state index contributed by atoms with van der Waals surface area (Å²) in [4.78, 5) is 33.3. The minimum Gasteiger partial charge on any atom is -0.507 e. The molecule has 0 aliphatic carbocycles. The molecule has 1 saturated heterocycles. The van der Waals surface area contributed by atoms with Gasteiger partial charge in [0.1, 0.15) is 11.5 Å². The zero-order valence-electron chi connectivity index (χ0n) is 22.1. The van der Waals surface area contributed by atoms with Gasteiger partial charge in [-0.15, -0.1) is 0 Å². The number of hydrogen-bond acceptors (Lipinski definition) is 6. The number of fused-ring (bicyclic) bond motifs is 1. The lowest BCUT2D eigenvalue weighted by Crippen LogP contribution is -2.29. The average molecular weight is 527 g/mol. The lowest BCUT2D eigenvalue weighted by molar-refractivity contribution is -0.132. The standard InChI is InChI=1S/C31H30N2O4S/c1-6-37-23-13-11-22(12-14-23)28(34)25-27(21-9-7-20(8-10-21)17(2)3)33(30(36)29(25)35)31-32-26-19(5)15-18(4)16-24(26)38-31/h7-17,27,34H,6H2,1-5H3/b28-25+/t27-/m0/s1. The van der Waals surface area contributed by atoms with Gasteiger partial charge >= 0.3 is 5.91 Å². The molecule has 194 valence electrons. The molecule has 0 saturated carbocycles. The molecule has 1 aromatic heterocycles. The predicted molar refractivity (Wildman–Crippen MR) is 152 cm³/mol. The highest BCUT2D eigenvalue weighted by atomic mass is 32.1. The third-order valence-corrected chi connectivity index (χ3v) is 7.83. The molecule has 1 fully saturated rings. The van der Waals surface area contributed by atoms with Crippen LogP contribution in [-0.2, 0) is 9.59 Å². The Labute approximate surface area is 226 Å². The molecule has 0 unspecified atom stereocenters. The maximum Gasteiger partial charge on any atom is 0.301 e. The maximum atomic E-state index is 13.6. The van der Waals surface area contributed by atoms with Gasteiger partial charge in [-0.3, -0.25) is 14.5 Å². The summed E-state index contributed by atoms with van der Waals surface area (Å²) in [7, 11) is 0. The molecule has 0 bridgehead atoms. The lowest BCUT2D eigenvalue weighted by atomic mass is 9.93. The first-order valence-corrected chi connectivity index (χ1v) is 13.5. The van der Waals surface area contributed by atoms with Crippen LogP contribution < -0.4 is 9.64 Å². The lowest BCUT2D eigenvalue weighted by Gasteiger charge is -2.23. The van der Waals surface area contributed by atoms with Crippen molar-refractivity contribution in [1.82, 2.24) is 4.98 Å². The summed E-state index contributed by atoms with van der Waals surface area (Å²) in [5, 5.41) is 11.8. The number of benzene rings is 3. The summed E-state index contributed by atoms with van der Waals surface area (Å²) in [6.07, 6.45) is 0. The second-order valence-corrected chi connectivity index (χ2v) is 10.9. The van der Waals surface area contributed by atoms with E-state index in [1.807, 2.05) is 57.2 Å². The molecule has 7 heteroatoms. The average Bonchev–Trinajstić information content (AvgIpc) is 3.43. The second-order valence-electron chi connectivity index (χ2n) is 9.87. The molecule has 4 aromatic rings. The highest BCUT2D eigenvalue weighted by Gasteiger charge is 2.48. The number of carbonyl (C=O) groups is 2. The van der Waals surface area contributed by atoms with E-state index in [0.29, 0.717) is 29.0 Å². The maximum absolute atomic E-state index is 13.6. The van der Waals surface area contributed by atoms with Crippen LogP contribution in [0.1, 0.15) is 60.5 Å². The third kappa shape index (κ3) is 4.47. The van der Waals surface area contributed by atoms with Gasteiger partial charge in [0.2, 0.25) is 0 Å². The number of anilines is 1.